The van der Waals surface area contributed by atoms with E-state index < -0.39 is 0 Å². The monoisotopic (exact) mass is 714 g/mol. The van der Waals surface area contributed by atoms with Crippen LogP contribution in [0.15, 0.2) is 182 Å². The van der Waals surface area contributed by atoms with Crippen LogP contribution in [0.3, 0.4) is 0 Å². The van der Waals surface area contributed by atoms with Gasteiger partial charge in [0.25, 0.3) is 0 Å². The molecule has 56 heavy (non-hydrogen) atoms. The highest BCUT2D eigenvalue weighted by Gasteiger charge is 2.19. The van der Waals surface area contributed by atoms with Crippen molar-refractivity contribution in [3.05, 3.63) is 182 Å². The molecule has 0 spiro atoms. The molecule has 0 saturated heterocycles. The van der Waals surface area contributed by atoms with Crippen molar-refractivity contribution in [1.82, 2.24) is 29.9 Å². The molecule has 11 aromatic rings. The average molecular weight is 715 g/mol. The fraction of sp³-hybridized carbons (Fsp3) is 0. The summed E-state index contributed by atoms with van der Waals surface area (Å²) >= 11 is 0. The normalized spacial score (nSPS) is 11.6. The van der Waals surface area contributed by atoms with Crippen molar-refractivity contribution in [2.24, 2.45) is 0 Å². The van der Waals surface area contributed by atoms with Gasteiger partial charge in [-0.15, -0.1) is 0 Å². The third-order valence-electron chi connectivity index (χ3n) is 10.6. The maximum atomic E-state index is 5.26. The van der Waals surface area contributed by atoms with Gasteiger partial charge in [0.05, 0.1) is 16.6 Å². The first-order valence-electron chi connectivity index (χ1n) is 18.6. The van der Waals surface area contributed by atoms with Gasteiger partial charge in [-0.05, 0) is 111 Å². The van der Waals surface area contributed by atoms with Gasteiger partial charge in [-0.3, -0.25) is 15.0 Å². The summed E-state index contributed by atoms with van der Waals surface area (Å²) in [4.78, 5) is 29.8. The van der Waals surface area contributed by atoms with E-state index in [1.54, 1.807) is 0 Å². The SMILES string of the molecule is c1ccc(-c2nc(-c3cc(-c4c5ccccc5cc5ncccc45)cc(-c4c5ccccc5cc5ncccc45)c3)nc(-c3ccc4ncccc4c3)n2)cc1. The molecule has 0 aliphatic carbocycles. The smallest absolute Gasteiger partial charge is 0.164 e. The molecule has 0 N–H and O–H groups in total. The Balaban J connectivity index is 1.25. The summed E-state index contributed by atoms with van der Waals surface area (Å²) < 4.78 is 0. The molecule has 0 saturated carbocycles. The Morgan fingerprint density at radius 2 is 0.732 bits per heavy atom. The fourth-order valence-electron chi connectivity index (χ4n) is 8.01. The molecule has 0 atom stereocenters. The van der Waals surface area contributed by atoms with Gasteiger partial charge in [0.2, 0.25) is 0 Å². The van der Waals surface area contributed by atoms with Crippen LogP contribution in [0.4, 0.5) is 0 Å². The van der Waals surface area contributed by atoms with Crippen LogP contribution in [0.1, 0.15) is 0 Å². The fourth-order valence-corrected chi connectivity index (χ4v) is 8.01. The van der Waals surface area contributed by atoms with Crippen molar-refractivity contribution >= 4 is 54.3 Å². The number of hydrogen-bond donors (Lipinski definition) is 0. The summed E-state index contributed by atoms with van der Waals surface area (Å²) in [5.74, 6) is 1.77. The molecule has 0 aliphatic heterocycles. The Kier molecular flexibility index (Phi) is 7.38. The first kappa shape index (κ1) is 31.8. The number of pyridine rings is 3. The molecular formula is C50H30N6. The Labute approximate surface area is 321 Å². The largest absolute Gasteiger partial charge is 0.256 e. The van der Waals surface area contributed by atoms with Crippen molar-refractivity contribution in [3.63, 3.8) is 0 Å². The highest BCUT2D eigenvalue weighted by molar-refractivity contribution is 6.15. The summed E-state index contributed by atoms with van der Waals surface area (Å²) in [6, 6.07) is 56.8. The summed E-state index contributed by atoms with van der Waals surface area (Å²) in [7, 11) is 0. The number of aromatic nitrogens is 6. The van der Waals surface area contributed by atoms with E-state index in [1.165, 1.54) is 0 Å². The van der Waals surface area contributed by atoms with Gasteiger partial charge in [0.1, 0.15) is 0 Å². The molecule has 4 heterocycles. The Morgan fingerprint density at radius 1 is 0.268 bits per heavy atom. The standard InChI is InChI=1S/C50H30N6/c1-2-11-31(12-3-1)48-54-49(35-20-21-43-34(25-35)15-8-22-51-43)56-50(55-48)38-27-36(46-39-16-6-4-13-32(39)29-44-41(46)18-9-23-52-44)26-37(28-38)47-40-17-7-5-14-33(40)30-45-42(47)19-10-24-53-45/h1-30H. The zero-order valence-corrected chi connectivity index (χ0v) is 30.0. The van der Waals surface area contributed by atoms with Crippen LogP contribution in [0.2, 0.25) is 0 Å². The molecule has 0 aliphatic rings. The molecule has 0 bridgehead atoms. The molecule has 6 nitrogen and oxygen atoms in total. The van der Waals surface area contributed by atoms with E-state index in [0.717, 1.165) is 93.2 Å². The number of fused-ring (bicyclic) bond motifs is 5. The topological polar surface area (TPSA) is 77.3 Å². The summed E-state index contributed by atoms with van der Waals surface area (Å²) in [5.41, 5.74) is 9.76. The molecule has 260 valence electrons. The van der Waals surface area contributed by atoms with E-state index >= 15 is 0 Å². The van der Waals surface area contributed by atoms with Crippen molar-refractivity contribution in [2.45, 2.75) is 0 Å². The van der Waals surface area contributed by atoms with E-state index in [1.807, 2.05) is 79.3 Å². The minimum absolute atomic E-state index is 0.577. The van der Waals surface area contributed by atoms with E-state index in [4.69, 9.17) is 24.9 Å². The number of benzene rings is 7. The predicted octanol–water partition coefficient (Wildman–Crippen LogP) is 12.2. The van der Waals surface area contributed by atoms with Gasteiger partial charge in [-0.2, -0.15) is 0 Å². The van der Waals surface area contributed by atoms with Crippen LogP contribution >= 0.6 is 0 Å². The number of nitrogens with zero attached hydrogens (tertiary/aromatic N) is 6. The second kappa shape index (κ2) is 13.0. The van der Waals surface area contributed by atoms with Crippen LogP contribution in [0.25, 0.3) is 111 Å². The zero-order valence-electron chi connectivity index (χ0n) is 30.0. The number of rotatable bonds is 5. The van der Waals surface area contributed by atoms with Crippen LogP contribution in [-0.2, 0) is 0 Å². The van der Waals surface area contributed by atoms with Crippen LogP contribution < -0.4 is 0 Å². The van der Waals surface area contributed by atoms with Crippen LogP contribution in [0.5, 0.6) is 0 Å². The second-order valence-corrected chi connectivity index (χ2v) is 14.0. The lowest BCUT2D eigenvalue weighted by atomic mass is 9.88. The Morgan fingerprint density at radius 3 is 1.36 bits per heavy atom. The molecule has 0 unspecified atom stereocenters. The maximum Gasteiger partial charge on any atom is 0.164 e. The molecule has 4 aromatic heterocycles. The lowest BCUT2D eigenvalue weighted by Gasteiger charge is -2.17. The zero-order chi connectivity index (χ0) is 37.0. The van der Waals surface area contributed by atoms with Gasteiger partial charge in [0.15, 0.2) is 17.5 Å². The van der Waals surface area contributed by atoms with Gasteiger partial charge in [-0.25, -0.2) is 15.0 Å². The summed E-state index contributed by atoms with van der Waals surface area (Å²) in [5, 5.41) is 7.71. The van der Waals surface area contributed by atoms with Crippen LogP contribution in [-0.4, -0.2) is 29.9 Å². The summed E-state index contributed by atoms with van der Waals surface area (Å²) in [6.45, 7) is 0. The van der Waals surface area contributed by atoms with Crippen LogP contribution in [0, 0.1) is 0 Å². The van der Waals surface area contributed by atoms with Crippen molar-refractivity contribution in [1.29, 1.82) is 0 Å². The highest BCUT2D eigenvalue weighted by Crippen LogP contribution is 2.43. The maximum absolute atomic E-state index is 5.26. The van der Waals surface area contributed by atoms with Gasteiger partial charge in [-0.1, -0.05) is 97.1 Å². The molecule has 7 aromatic carbocycles. The lowest BCUT2D eigenvalue weighted by Crippen LogP contribution is -2.01. The Hall–Kier alpha value is -7.70. The Bertz CT molecular complexity index is 3080. The number of hydrogen-bond acceptors (Lipinski definition) is 6. The molecular weight excluding hydrogens is 685 g/mol. The van der Waals surface area contributed by atoms with E-state index in [2.05, 4.69) is 108 Å². The van der Waals surface area contributed by atoms with E-state index in [-0.39, 0.29) is 0 Å². The molecule has 0 radical (unpaired) electrons. The lowest BCUT2D eigenvalue weighted by molar-refractivity contribution is 1.07. The minimum Gasteiger partial charge on any atom is -0.256 e. The molecule has 0 fully saturated rings. The first-order valence-corrected chi connectivity index (χ1v) is 18.6. The van der Waals surface area contributed by atoms with E-state index in [9.17, 15) is 0 Å². The van der Waals surface area contributed by atoms with Crippen molar-refractivity contribution in [3.8, 4) is 56.4 Å². The average Bonchev–Trinajstić information content (AvgIpc) is 3.27. The van der Waals surface area contributed by atoms with E-state index in [0.29, 0.717) is 17.5 Å². The summed E-state index contributed by atoms with van der Waals surface area (Å²) in [6.07, 6.45) is 5.53. The highest BCUT2D eigenvalue weighted by atomic mass is 15.0. The van der Waals surface area contributed by atoms with Crippen molar-refractivity contribution < 1.29 is 0 Å². The molecule has 6 heteroatoms. The quantitative estimate of drug-likeness (QED) is 0.165. The van der Waals surface area contributed by atoms with Gasteiger partial charge < -0.3 is 0 Å². The second-order valence-electron chi connectivity index (χ2n) is 14.0. The first-order chi connectivity index (χ1) is 27.7. The third-order valence-corrected chi connectivity index (χ3v) is 10.6. The third kappa shape index (κ3) is 5.43. The molecule has 11 rings (SSSR count). The van der Waals surface area contributed by atoms with Crippen molar-refractivity contribution in [2.75, 3.05) is 0 Å². The predicted molar refractivity (Wildman–Crippen MR) is 228 cm³/mol. The van der Waals surface area contributed by atoms with Gasteiger partial charge >= 0.3 is 0 Å². The molecule has 0 amide bonds. The van der Waals surface area contributed by atoms with Gasteiger partial charge in [0, 0.05) is 51.4 Å². The minimum atomic E-state index is 0.577.